The molecule has 1 aromatic heterocycles. The number of alkyl halides is 2. The third-order valence-corrected chi connectivity index (χ3v) is 3.93. The lowest BCUT2D eigenvalue weighted by Crippen LogP contribution is -2.12. The summed E-state index contributed by atoms with van der Waals surface area (Å²) in [4.78, 5) is 4.50. The molecule has 0 bridgehead atoms. The Morgan fingerprint density at radius 3 is 2.67 bits per heavy atom. The monoisotopic (exact) mass is 314 g/mol. The Hall–Kier alpha value is -1.73. The smallest absolute Gasteiger partial charge is 0.387 e. The number of benzene rings is 1. The van der Waals surface area contributed by atoms with Crippen molar-refractivity contribution >= 4 is 11.3 Å². The number of rotatable bonds is 6. The average molecular weight is 314 g/mol. The van der Waals surface area contributed by atoms with Gasteiger partial charge in [-0.1, -0.05) is 0 Å². The highest BCUT2D eigenvalue weighted by Gasteiger charge is 2.14. The van der Waals surface area contributed by atoms with E-state index in [-0.39, 0.29) is 17.5 Å². The van der Waals surface area contributed by atoms with E-state index in [4.69, 9.17) is 4.74 Å². The van der Waals surface area contributed by atoms with E-state index in [9.17, 15) is 8.78 Å². The fraction of sp³-hybridized carbons (Fsp3) is 0.357. The van der Waals surface area contributed by atoms with Crippen LogP contribution in [0.4, 0.5) is 8.78 Å². The quantitative estimate of drug-likeness (QED) is 0.883. The topological polar surface area (TPSA) is 43.4 Å². The number of methoxy groups -OCH3 is 1. The van der Waals surface area contributed by atoms with Crippen molar-refractivity contribution in [1.82, 2.24) is 10.3 Å². The molecule has 4 nitrogen and oxygen atoms in total. The van der Waals surface area contributed by atoms with E-state index in [2.05, 4.69) is 15.0 Å². The summed E-state index contributed by atoms with van der Waals surface area (Å²) in [5.74, 6) is 0.267. The van der Waals surface area contributed by atoms with Crippen LogP contribution >= 0.6 is 11.3 Å². The maximum absolute atomic E-state index is 12.4. The summed E-state index contributed by atoms with van der Waals surface area (Å²) in [5, 5.41) is 5.79. The van der Waals surface area contributed by atoms with Crippen LogP contribution in [0, 0.1) is 0 Å². The van der Waals surface area contributed by atoms with E-state index in [1.807, 2.05) is 19.4 Å². The van der Waals surface area contributed by atoms with Crippen molar-refractivity contribution in [2.24, 2.45) is 0 Å². The maximum Gasteiger partial charge on any atom is 0.387 e. The number of aromatic nitrogens is 1. The van der Waals surface area contributed by atoms with Gasteiger partial charge in [0, 0.05) is 17.0 Å². The molecule has 0 radical (unpaired) electrons. The molecule has 0 spiro atoms. The van der Waals surface area contributed by atoms with Gasteiger partial charge in [-0.2, -0.15) is 8.78 Å². The molecule has 1 atom stereocenters. The van der Waals surface area contributed by atoms with Crippen molar-refractivity contribution in [2.45, 2.75) is 19.6 Å². The minimum Gasteiger partial charge on any atom is -0.493 e. The summed E-state index contributed by atoms with van der Waals surface area (Å²) in [6, 6.07) is 5.00. The summed E-state index contributed by atoms with van der Waals surface area (Å²) in [6.07, 6.45) is 0. The summed E-state index contributed by atoms with van der Waals surface area (Å²) < 4.78 is 34.3. The number of nitrogens with one attached hydrogen (secondary N) is 1. The first kappa shape index (κ1) is 15.7. The van der Waals surface area contributed by atoms with Gasteiger partial charge >= 0.3 is 6.61 Å². The summed E-state index contributed by atoms with van der Waals surface area (Å²) in [7, 11) is 3.26. The second kappa shape index (κ2) is 6.82. The molecule has 0 saturated carbocycles. The highest BCUT2D eigenvalue weighted by Crippen LogP contribution is 2.35. The zero-order valence-electron chi connectivity index (χ0n) is 11.9. The predicted octanol–water partition coefficient (Wildman–Crippen LogP) is 3.70. The summed E-state index contributed by atoms with van der Waals surface area (Å²) >= 11 is 1.45. The first-order valence-corrected chi connectivity index (χ1v) is 7.19. The Labute approximate surface area is 125 Å². The molecule has 114 valence electrons. The van der Waals surface area contributed by atoms with Gasteiger partial charge in [-0.15, -0.1) is 11.3 Å². The van der Waals surface area contributed by atoms with E-state index in [1.165, 1.54) is 24.5 Å². The second-order valence-electron chi connectivity index (χ2n) is 4.33. The van der Waals surface area contributed by atoms with E-state index >= 15 is 0 Å². The number of ether oxygens (including phenoxy) is 2. The molecular weight excluding hydrogens is 298 g/mol. The van der Waals surface area contributed by atoms with Crippen LogP contribution in [-0.2, 0) is 0 Å². The van der Waals surface area contributed by atoms with Crippen LogP contribution in [0.5, 0.6) is 11.5 Å². The van der Waals surface area contributed by atoms with Crippen LogP contribution in [-0.4, -0.2) is 25.8 Å². The van der Waals surface area contributed by atoms with Crippen molar-refractivity contribution < 1.29 is 18.3 Å². The predicted molar refractivity (Wildman–Crippen MR) is 78.2 cm³/mol. The van der Waals surface area contributed by atoms with Gasteiger partial charge in [0.05, 0.1) is 12.8 Å². The third kappa shape index (κ3) is 3.68. The molecule has 0 saturated heterocycles. The van der Waals surface area contributed by atoms with E-state index in [0.29, 0.717) is 5.56 Å². The molecular formula is C14H16F2N2O2S. The van der Waals surface area contributed by atoms with E-state index < -0.39 is 6.61 Å². The lowest BCUT2D eigenvalue weighted by molar-refractivity contribution is -0.0511. The number of hydrogen-bond donors (Lipinski definition) is 1. The average Bonchev–Trinajstić information content (AvgIpc) is 2.95. The van der Waals surface area contributed by atoms with Crippen LogP contribution < -0.4 is 14.8 Å². The first-order chi connectivity index (χ1) is 10.0. The van der Waals surface area contributed by atoms with Gasteiger partial charge in [-0.05, 0) is 32.2 Å². The molecule has 1 aromatic carbocycles. The van der Waals surface area contributed by atoms with Gasteiger partial charge in [-0.25, -0.2) is 4.98 Å². The van der Waals surface area contributed by atoms with Gasteiger partial charge in [0.1, 0.15) is 5.01 Å². The third-order valence-electron chi connectivity index (χ3n) is 3.03. The molecule has 0 amide bonds. The van der Waals surface area contributed by atoms with Crippen LogP contribution in [0.2, 0.25) is 0 Å². The number of thiazole rings is 1. The number of nitrogens with zero attached hydrogens (tertiary/aromatic N) is 1. The molecule has 1 heterocycles. The van der Waals surface area contributed by atoms with Gasteiger partial charge in [0.2, 0.25) is 0 Å². The van der Waals surface area contributed by atoms with Crippen molar-refractivity contribution in [3.63, 3.8) is 0 Å². The second-order valence-corrected chi connectivity index (χ2v) is 5.19. The molecule has 2 aromatic rings. The molecule has 0 aliphatic heterocycles. The SMILES string of the molecule is CNC(C)c1csc(-c2ccc(OC)c(OC(F)F)c2)n1. The Balaban J connectivity index is 2.33. The van der Waals surface area contributed by atoms with Crippen LogP contribution in [0.15, 0.2) is 23.6 Å². The summed E-state index contributed by atoms with van der Waals surface area (Å²) in [5.41, 5.74) is 1.62. The molecule has 21 heavy (non-hydrogen) atoms. The number of hydrogen-bond acceptors (Lipinski definition) is 5. The van der Waals surface area contributed by atoms with Crippen molar-refractivity contribution in [3.05, 3.63) is 29.3 Å². The largest absolute Gasteiger partial charge is 0.493 e. The van der Waals surface area contributed by atoms with Crippen molar-refractivity contribution in [1.29, 1.82) is 0 Å². The lowest BCUT2D eigenvalue weighted by atomic mass is 10.2. The lowest BCUT2D eigenvalue weighted by Gasteiger charge is -2.10. The molecule has 7 heteroatoms. The Bertz CT molecular complexity index is 604. The van der Waals surface area contributed by atoms with Crippen LogP contribution in [0.3, 0.4) is 0 Å². The van der Waals surface area contributed by atoms with E-state index in [0.717, 1.165) is 10.7 Å². The fourth-order valence-corrected chi connectivity index (χ4v) is 2.67. The van der Waals surface area contributed by atoms with Crippen molar-refractivity contribution in [2.75, 3.05) is 14.2 Å². The normalized spacial score (nSPS) is 12.5. The van der Waals surface area contributed by atoms with Crippen LogP contribution in [0.25, 0.3) is 10.6 Å². The highest BCUT2D eigenvalue weighted by atomic mass is 32.1. The molecule has 0 aliphatic rings. The van der Waals surface area contributed by atoms with Gasteiger partial charge in [0.25, 0.3) is 0 Å². The Morgan fingerprint density at radius 2 is 2.05 bits per heavy atom. The Morgan fingerprint density at radius 1 is 1.29 bits per heavy atom. The van der Waals surface area contributed by atoms with Gasteiger partial charge in [-0.3, -0.25) is 0 Å². The molecule has 1 unspecified atom stereocenters. The maximum atomic E-state index is 12.4. The molecule has 0 aliphatic carbocycles. The molecule has 2 rings (SSSR count). The van der Waals surface area contributed by atoms with E-state index in [1.54, 1.807) is 12.1 Å². The Kier molecular flexibility index (Phi) is 5.08. The number of halogens is 2. The highest BCUT2D eigenvalue weighted by molar-refractivity contribution is 7.13. The minimum atomic E-state index is -2.90. The summed E-state index contributed by atoms with van der Waals surface area (Å²) in [6.45, 7) is -0.900. The first-order valence-electron chi connectivity index (χ1n) is 6.31. The molecule has 0 fully saturated rings. The van der Waals surface area contributed by atoms with Crippen LogP contribution in [0.1, 0.15) is 18.7 Å². The van der Waals surface area contributed by atoms with Gasteiger partial charge < -0.3 is 14.8 Å². The minimum absolute atomic E-state index is 0.00316. The molecule has 1 N–H and O–H groups in total. The van der Waals surface area contributed by atoms with Gasteiger partial charge in [0.15, 0.2) is 11.5 Å². The van der Waals surface area contributed by atoms with Crippen molar-refractivity contribution in [3.8, 4) is 22.1 Å². The zero-order chi connectivity index (χ0) is 15.4. The fourth-order valence-electron chi connectivity index (χ4n) is 1.76. The standard InChI is InChI=1S/C14H16F2N2O2S/c1-8(17-2)10-7-21-13(18-10)9-4-5-11(19-3)12(6-9)20-14(15)16/h4-8,14,17H,1-3H3. The zero-order valence-corrected chi connectivity index (χ0v) is 12.7.